The van der Waals surface area contributed by atoms with Crippen molar-refractivity contribution in [1.29, 1.82) is 0 Å². The van der Waals surface area contributed by atoms with Crippen LogP contribution in [0.15, 0.2) is 46.9 Å². The molecule has 0 aliphatic heterocycles. The van der Waals surface area contributed by atoms with E-state index in [1.807, 2.05) is 17.5 Å². The highest BCUT2D eigenvalue weighted by molar-refractivity contribution is 7.98. The van der Waals surface area contributed by atoms with Crippen LogP contribution >= 0.6 is 23.1 Å². The number of fused-ring (bicyclic) bond motifs is 1. The number of thioether (sulfide) groups is 1. The van der Waals surface area contributed by atoms with E-state index in [2.05, 4.69) is 15.2 Å². The van der Waals surface area contributed by atoms with Gasteiger partial charge in [0, 0.05) is 0 Å². The summed E-state index contributed by atoms with van der Waals surface area (Å²) in [4.78, 5) is 5.19. The molecule has 4 rings (SSSR count). The lowest BCUT2D eigenvalue weighted by Gasteiger charge is -2.07. The van der Waals surface area contributed by atoms with Crippen molar-refractivity contribution in [3.63, 3.8) is 0 Å². The average molecular weight is 378 g/mol. The zero-order valence-corrected chi connectivity index (χ0v) is 14.3. The van der Waals surface area contributed by atoms with Crippen LogP contribution in [0, 0.1) is 0 Å². The molecule has 0 fully saturated rings. The first-order valence-electron chi connectivity index (χ1n) is 7.26. The first kappa shape index (κ1) is 16.0. The molecule has 0 radical (unpaired) electrons. The molecule has 3 aromatic heterocycles. The van der Waals surface area contributed by atoms with E-state index >= 15 is 0 Å². The maximum Gasteiger partial charge on any atom is 0.320 e. The third-order valence-electron chi connectivity index (χ3n) is 3.60. The minimum atomic E-state index is -2.67. The zero-order valence-electron chi connectivity index (χ0n) is 12.7. The second-order valence-electron chi connectivity index (χ2n) is 5.11. The summed E-state index contributed by atoms with van der Waals surface area (Å²) in [5.41, 5.74) is 0.938. The van der Waals surface area contributed by atoms with Gasteiger partial charge in [-0.2, -0.15) is 8.78 Å². The smallest absolute Gasteiger partial charge is 0.320 e. The molecule has 0 aliphatic carbocycles. The number of nitrogen functional groups attached to an aromatic ring is 1. The SMILES string of the molecule is Nn1c(SCc2nc3ccccc3n2C(F)F)nnc1-c1cccs1. The average Bonchev–Trinajstić information content (AvgIpc) is 3.30. The Morgan fingerprint density at radius 3 is 2.76 bits per heavy atom. The molecule has 0 saturated carbocycles. The van der Waals surface area contributed by atoms with E-state index in [0.717, 1.165) is 9.44 Å². The van der Waals surface area contributed by atoms with Crippen molar-refractivity contribution >= 4 is 34.1 Å². The van der Waals surface area contributed by atoms with Crippen LogP contribution in [0.2, 0.25) is 0 Å². The van der Waals surface area contributed by atoms with Gasteiger partial charge < -0.3 is 5.84 Å². The molecule has 10 heteroatoms. The zero-order chi connectivity index (χ0) is 17.4. The number of imidazole rings is 1. The van der Waals surface area contributed by atoms with Crippen molar-refractivity contribution in [1.82, 2.24) is 24.4 Å². The molecule has 4 aromatic rings. The highest BCUT2D eigenvalue weighted by Crippen LogP contribution is 2.29. The lowest BCUT2D eigenvalue weighted by molar-refractivity contribution is 0.0722. The summed E-state index contributed by atoms with van der Waals surface area (Å²) in [5, 5.41) is 10.5. The molecule has 0 atom stereocenters. The van der Waals surface area contributed by atoms with Crippen molar-refractivity contribution in [2.45, 2.75) is 17.5 Å². The number of para-hydroxylation sites is 2. The fourth-order valence-corrected chi connectivity index (χ4v) is 3.98. The molecule has 0 aliphatic rings. The van der Waals surface area contributed by atoms with Crippen molar-refractivity contribution in [2.75, 3.05) is 5.84 Å². The quantitative estimate of drug-likeness (QED) is 0.423. The highest BCUT2D eigenvalue weighted by atomic mass is 32.2. The Labute approximate surface area is 149 Å². The molecular weight excluding hydrogens is 366 g/mol. The van der Waals surface area contributed by atoms with Crippen molar-refractivity contribution in [3.05, 3.63) is 47.6 Å². The molecule has 3 heterocycles. The number of halogens is 2. The Morgan fingerprint density at radius 1 is 1.16 bits per heavy atom. The molecular formula is C15H12F2N6S2. The van der Waals surface area contributed by atoms with Gasteiger partial charge in [-0.25, -0.2) is 9.66 Å². The van der Waals surface area contributed by atoms with Gasteiger partial charge >= 0.3 is 6.55 Å². The second-order valence-corrected chi connectivity index (χ2v) is 7.00. The van der Waals surface area contributed by atoms with Gasteiger partial charge in [0.05, 0.1) is 21.7 Å². The van der Waals surface area contributed by atoms with Gasteiger partial charge in [-0.15, -0.1) is 21.5 Å². The normalized spacial score (nSPS) is 11.6. The van der Waals surface area contributed by atoms with E-state index < -0.39 is 6.55 Å². The Hall–Kier alpha value is -2.46. The van der Waals surface area contributed by atoms with Gasteiger partial charge in [0.2, 0.25) is 5.16 Å². The highest BCUT2D eigenvalue weighted by Gasteiger charge is 2.19. The topological polar surface area (TPSA) is 74.6 Å². The number of rotatable bonds is 5. The van der Waals surface area contributed by atoms with E-state index in [-0.39, 0.29) is 11.6 Å². The predicted molar refractivity (Wildman–Crippen MR) is 94.0 cm³/mol. The first-order chi connectivity index (χ1) is 12.1. The molecule has 0 saturated heterocycles. The number of alkyl halides is 2. The molecule has 0 spiro atoms. The number of aromatic nitrogens is 5. The van der Waals surface area contributed by atoms with Crippen LogP contribution in [0.3, 0.4) is 0 Å². The van der Waals surface area contributed by atoms with Gasteiger partial charge in [-0.3, -0.25) is 4.57 Å². The van der Waals surface area contributed by atoms with Crippen LogP contribution in [-0.2, 0) is 5.75 Å². The minimum absolute atomic E-state index is 0.207. The monoisotopic (exact) mass is 378 g/mol. The lowest BCUT2D eigenvalue weighted by Crippen LogP contribution is -2.11. The van der Waals surface area contributed by atoms with E-state index in [1.165, 1.54) is 27.8 Å². The molecule has 0 amide bonds. The van der Waals surface area contributed by atoms with Gasteiger partial charge in [-0.1, -0.05) is 30.0 Å². The van der Waals surface area contributed by atoms with Crippen LogP contribution in [-0.4, -0.2) is 24.4 Å². The van der Waals surface area contributed by atoms with E-state index in [1.54, 1.807) is 24.3 Å². The van der Waals surface area contributed by atoms with Gasteiger partial charge in [0.15, 0.2) is 5.82 Å². The van der Waals surface area contributed by atoms with Crippen LogP contribution in [0.25, 0.3) is 21.7 Å². The number of hydrogen-bond donors (Lipinski definition) is 1. The molecule has 6 nitrogen and oxygen atoms in total. The largest absolute Gasteiger partial charge is 0.335 e. The summed E-state index contributed by atoms with van der Waals surface area (Å²) in [6.07, 6.45) is 0. The maximum absolute atomic E-state index is 13.4. The molecule has 0 bridgehead atoms. The van der Waals surface area contributed by atoms with Crippen LogP contribution in [0.5, 0.6) is 0 Å². The van der Waals surface area contributed by atoms with Crippen LogP contribution in [0.1, 0.15) is 12.4 Å². The number of thiophene rings is 1. The van der Waals surface area contributed by atoms with Crippen molar-refractivity contribution in [2.24, 2.45) is 0 Å². The number of hydrogen-bond acceptors (Lipinski definition) is 6. The third kappa shape index (κ3) is 2.87. The van der Waals surface area contributed by atoms with Crippen LogP contribution < -0.4 is 5.84 Å². The van der Waals surface area contributed by atoms with Gasteiger partial charge in [-0.05, 0) is 23.6 Å². The lowest BCUT2D eigenvalue weighted by atomic mass is 10.3. The fourth-order valence-electron chi connectivity index (χ4n) is 2.49. The number of nitrogens with two attached hydrogens (primary N) is 1. The van der Waals surface area contributed by atoms with Crippen molar-refractivity contribution in [3.8, 4) is 10.7 Å². The van der Waals surface area contributed by atoms with E-state index in [0.29, 0.717) is 22.0 Å². The molecule has 0 unspecified atom stereocenters. The Bertz CT molecular complexity index is 1010. The summed E-state index contributed by atoms with van der Waals surface area (Å²) in [6.45, 7) is -2.67. The number of nitrogens with zero attached hydrogens (tertiary/aromatic N) is 5. The summed E-state index contributed by atoms with van der Waals surface area (Å²) in [7, 11) is 0. The van der Waals surface area contributed by atoms with Gasteiger partial charge in [0.25, 0.3) is 0 Å². The molecule has 128 valence electrons. The molecule has 25 heavy (non-hydrogen) atoms. The Morgan fingerprint density at radius 2 is 2.00 bits per heavy atom. The first-order valence-corrected chi connectivity index (χ1v) is 9.13. The van der Waals surface area contributed by atoms with E-state index in [9.17, 15) is 8.78 Å². The maximum atomic E-state index is 13.4. The summed E-state index contributed by atoms with van der Waals surface area (Å²) in [6, 6.07) is 10.6. The minimum Gasteiger partial charge on any atom is -0.335 e. The number of benzene rings is 1. The molecule has 2 N–H and O–H groups in total. The van der Waals surface area contributed by atoms with Crippen LogP contribution in [0.4, 0.5) is 8.78 Å². The summed E-state index contributed by atoms with van der Waals surface area (Å²) in [5.74, 6) is 7.05. The summed E-state index contributed by atoms with van der Waals surface area (Å²) < 4.78 is 29.2. The standard InChI is InChI=1S/C15H12F2N6S2/c16-14(17)22-10-5-2-1-4-9(10)19-12(22)8-25-15-21-20-13(23(15)18)11-6-3-7-24-11/h1-7,14H,8,18H2. The van der Waals surface area contributed by atoms with E-state index in [4.69, 9.17) is 5.84 Å². The van der Waals surface area contributed by atoms with Crippen molar-refractivity contribution < 1.29 is 8.78 Å². The third-order valence-corrected chi connectivity index (χ3v) is 5.41. The Kier molecular flexibility index (Phi) is 4.14. The fraction of sp³-hybridized carbons (Fsp3) is 0.133. The Balaban J connectivity index is 1.62. The predicted octanol–water partition coefficient (Wildman–Crippen LogP) is 3.76. The molecule has 1 aromatic carbocycles. The summed E-state index contributed by atoms with van der Waals surface area (Å²) >= 11 is 2.72. The van der Waals surface area contributed by atoms with Gasteiger partial charge in [0.1, 0.15) is 5.82 Å². The second kappa shape index (κ2) is 6.45.